The van der Waals surface area contributed by atoms with Gasteiger partial charge in [-0.15, -0.1) is 0 Å². The Morgan fingerprint density at radius 3 is 1.43 bits per heavy atom. The summed E-state index contributed by atoms with van der Waals surface area (Å²) in [6.45, 7) is 0. The molecule has 4 aromatic heterocycles. The van der Waals surface area contributed by atoms with E-state index in [2.05, 4.69) is 19.9 Å². The Hall–Kier alpha value is -5.46. The van der Waals surface area contributed by atoms with Gasteiger partial charge in [0, 0.05) is 0 Å². The number of para-hydroxylation sites is 2. The number of nitrogens with zero attached hydrogens (tertiary/aromatic N) is 4. The number of aromatic nitrogens is 6. The molecule has 4 heterocycles. The van der Waals surface area contributed by atoms with Crippen molar-refractivity contribution in [1.82, 2.24) is 29.1 Å². The zero-order valence-corrected chi connectivity index (χ0v) is 23.0. The van der Waals surface area contributed by atoms with Crippen molar-refractivity contribution in [2.24, 2.45) is 0 Å². The number of aromatic amines is 2. The number of thiazole rings is 2. The Morgan fingerprint density at radius 2 is 0.976 bits per heavy atom. The summed E-state index contributed by atoms with van der Waals surface area (Å²) in [6.07, 6.45) is 0. The lowest BCUT2D eigenvalue weighted by molar-refractivity contribution is 0.893. The van der Waals surface area contributed by atoms with E-state index in [0.29, 0.717) is 32.8 Å². The van der Waals surface area contributed by atoms with Gasteiger partial charge in [0.05, 0.1) is 42.2 Å². The molecule has 0 amide bonds. The van der Waals surface area contributed by atoms with Crippen LogP contribution in [0.3, 0.4) is 0 Å². The zero-order valence-electron chi connectivity index (χ0n) is 21.3. The highest BCUT2D eigenvalue weighted by Gasteiger charge is 2.16. The second kappa shape index (κ2) is 9.03. The van der Waals surface area contributed by atoms with Crippen LogP contribution in [0.25, 0.3) is 63.6 Å². The molecular formula is C30H16N6O4S2. The molecule has 0 aliphatic rings. The van der Waals surface area contributed by atoms with Crippen molar-refractivity contribution >= 4 is 64.9 Å². The molecule has 0 spiro atoms. The molecule has 2 N–H and O–H groups in total. The smallest absolute Gasteiger partial charge is 0.306 e. The van der Waals surface area contributed by atoms with E-state index in [9.17, 15) is 19.2 Å². The van der Waals surface area contributed by atoms with Crippen LogP contribution in [-0.2, 0) is 0 Å². The van der Waals surface area contributed by atoms with Gasteiger partial charge in [-0.25, -0.2) is 28.7 Å². The Labute approximate surface area is 241 Å². The summed E-state index contributed by atoms with van der Waals surface area (Å²) < 4.78 is 3.74. The van der Waals surface area contributed by atoms with Gasteiger partial charge in [-0.2, -0.15) is 0 Å². The van der Waals surface area contributed by atoms with Crippen molar-refractivity contribution < 1.29 is 0 Å². The van der Waals surface area contributed by atoms with Gasteiger partial charge in [-0.3, -0.25) is 9.59 Å². The van der Waals surface area contributed by atoms with E-state index >= 15 is 0 Å². The van der Waals surface area contributed by atoms with Gasteiger partial charge in [0.1, 0.15) is 0 Å². The fourth-order valence-electron chi connectivity index (χ4n) is 5.05. The third kappa shape index (κ3) is 3.70. The SMILES string of the molecule is O=c1[nH]c2ccccc2c(=O)n1-c1nc2ccc(-c3ccc4nc(-n5c(=O)[nH]c6ccccc6c5=O)sc4c3)cc2s1. The first kappa shape index (κ1) is 24.3. The standard InChI is InChI=1S/C30H16N6O4S2/c37-25-17-5-1-3-7-19(17)31-27(39)35(25)29-33-21-11-9-15(13-23(21)41-29)16-10-12-22-24(14-16)42-30(34-22)36-26(38)18-6-2-4-8-20(18)32-28(36)40/h1-14H,(H,31,39)(H,32,40). The minimum atomic E-state index is -0.547. The molecule has 10 nitrogen and oxygen atoms in total. The van der Waals surface area contributed by atoms with Crippen molar-refractivity contribution in [3.05, 3.63) is 127 Å². The highest BCUT2D eigenvalue weighted by atomic mass is 32.1. The summed E-state index contributed by atoms with van der Waals surface area (Å²) in [5, 5.41) is 1.38. The fourth-order valence-corrected chi connectivity index (χ4v) is 7.05. The molecule has 0 aliphatic heterocycles. The molecule has 0 saturated carbocycles. The first-order chi connectivity index (χ1) is 20.4. The Bertz CT molecular complexity index is 2460. The predicted octanol–water partition coefficient (Wildman–Crippen LogP) is 4.56. The van der Waals surface area contributed by atoms with Crippen LogP contribution >= 0.6 is 22.7 Å². The van der Waals surface area contributed by atoms with Gasteiger partial charge in [0.25, 0.3) is 11.1 Å². The number of rotatable bonds is 3. The predicted molar refractivity (Wildman–Crippen MR) is 166 cm³/mol. The van der Waals surface area contributed by atoms with Gasteiger partial charge in [-0.05, 0) is 59.7 Å². The largest absolute Gasteiger partial charge is 0.335 e. The first-order valence-corrected chi connectivity index (χ1v) is 14.4. The topological polar surface area (TPSA) is 135 Å². The zero-order chi connectivity index (χ0) is 28.5. The van der Waals surface area contributed by atoms with Gasteiger partial charge in [0.15, 0.2) is 0 Å². The van der Waals surface area contributed by atoms with Crippen molar-refractivity contribution in [3.8, 4) is 21.4 Å². The van der Waals surface area contributed by atoms with Crippen molar-refractivity contribution in [1.29, 1.82) is 0 Å². The summed E-state index contributed by atoms with van der Waals surface area (Å²) in [5.41, 5.74) is 2.12. The number of hydrogen-bond acceptors (Lipinski definition) is 8. The van der Waals surface area contributed by atoms with Crippen LogP contribution in [0.4, 0.5) is 0 Å². The minimum absolute atomic E-state index is 0.285. The lowest BCUT2D eigenvalue weighted by Gasteiger charge is -2.02. The lowest BCUT2D eigenvalue weighted by atomic mass is 10.1. The quantitative estimate of drug-likeness (QED) is 0.311. The number of H-pyrrole nitrogens is 2. The van der Waals surface area contributed by atoms with Crippen molar-refractivity contribution in [2.75, 3.05) is 0 Å². The molecule has 4 aromatic carbocycles. The van der Waals surface area contributed by atoms with E-state index in [1.54, 1.807) is 48.5 Å². The number of nitrogens with one attached hydrogen (secondary N) is 2. The Kier molecular flexibility index (Phi) is 5.23. The van der Waals surface area contributed by atoms with Crippen LogP contribution in [0, 0.1) is 0 Å². The molecule has 8 rings (SSSR count). The monoisotopic (exact) mass is 588 g/mol. The number of hydrogen-bond donors (Lipinski definition) is 2. The van der Waals surface area contributed by atoms with E-state index in [1.165, 1.54) is 22.7 Å². The minimum Gasteiger partial charge on any atom is -0.306 e. The molecule has 0 unspecified atom stereocenters. The van der Waals surface area contributed by atoms with Crippen LogP contribution in [0.15, 0.2) is 104 Å². The highest BCUT2D eigenvalue weighted by molar-refractivity contribution is 7.21. The fraction of sp³-hybridized carbons (Fsp3) is 0. The molecule has 0 radical (unpaired) electrons. The summed E-state index contributed by atoms with van der Waals surface area (Å²) in [5.74, 6) is 0. The van der Waals surface area contributed by atoms with E-state index in [0.717, 1.165) is 29.7 Å². The maximum absolute atomic E-state index is 13.1. The van der Waals surface area contributed by atoms with Gasteiger partial charge < -0.3 is 9.97 Å². The second-order valence-electron chi connectivity index (χ2n) is 9.59. The third-order valence-electron chi connectivity index (χ3n) is 7.08. The van der Waals surface area contributed by atoms with E-state index in [1.807, 2.05) is 36.4 Å². The molecule has 42 heavy (non-hydrogen) atoms. The van der Waals surface area contributed by atoms with Crippen molar-refractivity contribution in [2.45, 2.75) is 0 Å². The first-order valence-electron chi connectivity index (χ1n) is 12.7. The summed E-state index contributed by atoms with van der Waals surface area (Å²) in [6, 6.07) is 25.2. The number of fused-ring (bicyclic) bond motifs is 4. The Balaban J connectivity index is 1.21. The normalized spacial score (nSPS) is 11.7. The average molecular weight is 589 g/mol. The van der Waals surface area contributed by atoms with E-state index in [4.69, 9.17) is 0 Å². The maximum Gasteiger partial charge on any atom is 0.335 e. The maximum atomic E-state index is 13.1. The molecule has 0 saturated heterocycles. The van der Waals surface area contributed by atoms with E-state index < -0.39 is 22.5 Å². The summed E-state index contributed by atoms with van der Waals surface area (Å²) in [7, 11) is 0. The van der Waals surface area contributed by atoms with Gasteiger partial charge in [-0.1, -0.05) is 59.1 Å². The van der Waals surface area contributed by atoms with Crippen LogP contribution in [-0.4, -0.2) is 29.1 Å². The van der Waals surface area contributed by atoms with Gasteiger partial charge in [0.2, 0.25) is 10.3 Å². The molecule has 202 valence electrons. The van der Waals surface area contributed by atoms with Crippen LogP contribution in [0.2, 0.25) is 0 Å². The summed E-state index contributed by atoms with van der Waals surface area (Å²) >= 11 is 2.50. The average Bonchev–Trinajstić information content (AvgIpc) is 3.60. The molecular weight excluding hydrogens is 573 g/mol. The molecule has 0 bridgehead atoms. The highest BCUT2D eigenvalue weighted by Crippen LogP contribution is 2.33. The molecule has 0 atom stereocenters. The molecule has 0 fully saturated rings. The van der Waals surface area contributed by atoms with Crippen LogP contribution in [0.5, 0.6) is 0 Å². The summed E-state index contributed by atoms with van der Waals surface area (Å²) in [4.78, 5) is 66.4. The van der Waals surface area contributed by atoms with Crippen LogP contribution in [0.1, 0.15) is 0 Å². The van der Waals surface area contributed by atoms with Crippen molar-refractivity contribution in [3.63, 3.8) is 0 Å². The second-order valence-corrected chi connectivity index (χ2v) is 11.6. The Morgan fingerprint density at radius 1 is 0.548 bits per heavy atom. The molecule has 0 aliphatic carbocycles. The van der Waals surface area contributed by atoms with Gasteiger partial charge >= 0.3 is 11.4 Å². The number of benzene rings is 4. The van der Waals surface area contributed by atoms with E-state index in [-0.39, 0.29) is 10.3 Å². The molecule has 8 aromatic rings. The molecule has 12 heteroatoms. The lowest BCUT2D eigenvalue weighted by Crippen LogP contribution is -2.33. The third-order valence-corrected chi connectivity index (χ3v) is 9.09. The van der Waals surface area contributed by atoms with Crippen LogP contribution < -0.4 is 22.5 Å².